The summed E-state index contributed by atoms with van der Waals surface area (Å²) < 4.78 is 5.69. The van der Waals surface area contributed by atoms with E-state index in [1.807, 2.05) is 18.3 Å². The third-order valence-electron chi connectivity index (χ3n) is 4.17. The Morgan fingerprint density at radius 1 is 1.28 bits per heavy atom. The van der Waals surface area contributed by atoms with Crippen molar-refractivity contribution in [3.63, 3.8) is 0 Å². The lowest BCUT2D eigenvalue weighted by Crippen LogP contribution is -2.48. The van der Waals surface area contributed by atoms with E-state index >= 15 is 0 Å². The predicted molar refractivity (Wildman–Crippen MR) is 72.3 cm³/mol. The van der Waals surface area contributed by atoms with E-state index < -0.39 is 0 Å². The molecule has 1 fully saturated rings. The highest BCUT2D eigenvalue weighted by Crippen LogP contribution is 2.44. The number of ether oxygens (including phenoxy) is 1. The first-order valence-electron chi connectivity index (χ1n) is 6.41. The van der Waals surface area contributed by atoms with Gasteiger partial charge in [-0.3, -0.25) is 4.98 Å². The number of rotatable bonds is 3. The van der Waals surface area contributed by atoms with Crippen LogP contribution in [0.15, 0.2) is 36.5 Å². The van der Waals surface area contributed by atoms with Crippen molar-refractivity contribution in [2.24, 2.45) is 5.73 Å². The molecule has 1 saturated carbocycles. The van der Waals surface area contributed by atoms with Gasteiger partial charge in [-0.25, -0.2) is 0 Å². The van der Waals surface area contributed by atoms with Gasteiger partial charge < -0.3 is 10.5 Å². The fourth-order valence-electron chi connectivity index (χ4n) is 2.83. The van der Waals surface area contributed by atoms with Crippen LogP contribution in [0.3, 0.4) is 0 Å². The van der Waals surface area contributed by atoms with Crippen molar-refractivity contribution in [2.45, 2.75) is 30.9 Å². The van der Waals surface area contributed by atoms with Crippen LogP contribution < -0.4 is 5.73 Å². The molecule has 1 heterocycles. The van der Waals surface area contributed by atoms with Gasteiger partial charge in [0.2, 0.25) is 0 Å². The topological polar surface area (TPSA) is 48.1 Å². The smallest absolute Gasteiger partial charge is 0.0871 e. The van der Waals surface area contributed by atoms with Crippen LogP contribution in [0, 0.1) is 0 Å². The van der Waals surface area contributed by atoms with Crippen molar-refractivity contribution in [3.8, 4) is 0 Å². The molecule has 1 atom stereocenters. The van der Waals surface area contributed by atoms with Gasteiger partial charge in [0.25, 0.3) is 0 Å². The van der Waals surface area contributed by atoms with E-state index in [2.05, 4.69) is 23.2 Å². The van der Waals surface area contributed by atoms with E-state index in [4.69, 9.17) is 10.5 Å². The number of pyridine rings is 1. The van der Waals surface area contributed by atoms with Crippen molar-refractivity contribution in [1.82, 2.24) is 4.98 Å². The van der Waals surface area contributed by atoms with Crippen molar-refractivity contribution < 1.29 is 4.74 Å². The van der Waals surface area contributed by atoms with Crippen LogP contribution in [-0.4, -0.2) is 17.7 Å². The molecule has 94 valence electrons. The van der Waals surface area contributed by atoms with Gasteiger partial charge in [-0.2, -0.15) is 0 Å². The second kappa shape index (κ2) is 4.34. The van der Waals surface area contributed by atoms with E-state index in [1.54, 1.807) is 7.11 Å². The van der Waals surface area contributed by atoms with Crippen molar-refractivity contribution in [2.75, 3.05) is 7.11 Å². The Labute approximate surface area is 107 Å². The molecule has 18 heavy (non-hydrogen) atoms. The van der Waals surface area contributed by atoms with Crippen LogP contribution in [0.4, 0.5) is 0 Å². The zero-order valence-corrected chi connectivity index (χ0v) is 10.6. The highest BCUT2D eigenvalue weighted by Gasteiger charge is 2.43. The maximum atomic E-state index is 6.45. The molecule has 1 aromatic heterocycles. The predicted octanol–water partition coefficient (Wildman–Crippen LogP) is 2.80. The number of nitrogens with zero attached hydrogens (tertiary/aromatic N) is 1. The quantitative estimate of drug-likeness (QED) is 0.900. The normalized spacial score (nSPS) is 19.4. The molecule has 2 aromatic rings. The Morgan fingerprint density at radius 3 is 2.72 bits per heavy atom. The maximum Gasteiger partial charge on any atom is 0.0871 e. The molecule has 3 heteroatoms. The van der Waals surface area contributed by atoms with Gasteiger partial charge in [-0.1, -0.05) is 24.3 Å². The fourth-order valence-corrected chi connectivity index (χ4v) is 2.83. The van der Waals surface area contributed by atoms with E-state index in [9.17, 15) is 0 Å². The van der Waals surface area contributed by atoms with Crippen LogP contribution in [-0.2, 0) is 4.74 Å². The molecule has 0 spiro atoms. The van der Waals surface area contributed by atoms with E-state index in [-0.39, 0.29) is 11.6 Å². The van der Waals surface area contributed by atoms with Crippen LogP contribution in [0.1, 0.15) is 30.9 Å². The molecule has 3 rings (SSSR count). The number of fused-ring (bicyclic) bond motifs is 1. The molecule has 0 bridgehead atoms. The monoisotopic (exact) mass is 242 g/mol. The third kappa shape index (κ3) is 1.62. The van der Waals surface area contributed by atoms with Gasteiger partial charge in [-0.05, 0) is 30.9 Å². The summed E-state index contributed by atoms with van der Waals surface area (Å²) in [6.45, 7) is 0. The second-order valence-corrected chi connectivity index (χ2v) is 5.02. The molecule has 0 radical (unpaired) electrons. The molecule has 2 N–H and O–H groups in total. The molecule has 3 nitrogen and oxygen atoms in total. The summed E-state index contributed by atoms with van der Waals surface area (Å²) in [5.74, 6) is 0. The number of nitrogens with two attached hydrogens (primary N) is 1. The first-order valence-corrected chi connectivity index (χ1v) is 6.41. The summed E-state index contributed by atoms with van der Waals surface area (Å²) in [6.07, 6.45) is 5.08. The van der Waals surface area contributed by atoms with Gasteiger partial charge >= 0.3 is 0 Å². The number of hydrogen-bond donors (Lipinski definition) is 1. The Hall–Kier alpha value is -1.45. The summed E-state index contributed by atoms with van der Waals surface area (Å²) in [7, 11) is 1.76. The van der Waals surface area contributed by atoms with E-state index in [1.165, 1.54) is 6.42 Å². The lowest BCUT2D eigenvalue weighted by atomic mass is 9.72. The summed E-state index contributed by atoms with van der Waals surface area (Å²) in [6, 6.07) is 10.1. The van der Waals surface area contributed by atoms with E-state index in [0.29, 0.717) is 0 Å². The lowest BCUT2D eigenvalue weighted by Gasteiger charge is -2.45. The van der Waals surface area contributed by atoms with Crippen LogP contribution in [0.25, 0.3) is 10.9 Å². The van der Waals surface area contributed by atoms with Crippen LogP contribution >= 0.6 is 0 Å². The Kier molecular flexibility index (Phi) is 2.80. The Bertz CT molecular complexity index is 552. The zero-order valence-electron chi connectivity index (χ0n) is 10.6. The van der Waals surface area contributed by atoms with E-state index in [0.717, 1.165) is 29.3 Å². The van der Waals surface area contributed by atoms with Gasteiger partial charge in [0, 0.05) is 18.7 Å². The van der Waals surface area contributed by atoms with Gasteiger partial charge in [0.1, 0.15) is 0 Å². The zero-order chi connectivity index (χ0) is 12.6. The minimum Gasteiger partial charge on any atom is -0.376 e. The SMILES string of the molecule is COC1(C(N)c2cccc3cccnc23)CCC1. The largest absolute Gasteiger partial charge is 0.376 e. The average Bonchev–Trinajstić information content (AvgIpc) is 2.37. The van der Waals surface area contributed by atoms with Crippen molar-refractivity contribution in [3.05, 3.63) is 42.1 Å². The molecule has 0 aliphatic heterocycles. The Morgan fingerprint density at radius 2 is 2.06 bits per heavy atom. The summed E-state index contributed by atoms with van der Waals surface area (Å²) in [5.41, 5.74) is 8.35. The summed E-state index contributed by atoms with van der Waals surface area (Å²) in [4.78, 5) is 4.47. The standard InChI is InChI=1S/C15H18N2O/c1-18-15(8-4-9-15)14(16)12-7-2-5-11-6-3-10-17-13(11)12/h2-3,5-7,10,14H,4,8-9,16H2,1H3. The third-order valence-corrected chi connectivity index (χ3v) is 4.17. The second-order valence-electron chi connectivity index (χ2n) is 5.02. The van der Waals surface area contributed by atoms with Gasteiger partial charge in [0.15, 0.2) is 0 Å². The molecule has 1 unspecified atom stereocenters. The Balaban J connectivity index is 2.09. The number of para-hydroxylation sites is 1. The summed E-state index contributed by atoms with van der Waals surface area (Å²) in [5, 5.41) is 1.14. The molecule has 0 amide bonds. The number of benzene rings is 1. The van der Waals surface area contributed by atoms with Crippen LogP contribution in [0.5, 0.6) is 0 Å². The fraction of sp³-hybridized carbons (Fsp3) is 0.400. The minimum absolute atomic E-state index is 0.102. The van der Waals surface area contributed by atoms with Gasteiger partial charge in [0.05, 0.1) is 17.2 Å². The molecule has 0 saturated heterocycles. The summed E-state index contributed by atoms with van der Waals surface area (Å²) >= 11 is 0. The number of aromatic nitrogens is 1. The molecular weight excluding hydrogens is 224 g/mol. The number of hydrogen-bond acceptors (Lipinski definition) is 3. The minimum atomic E-state index is -0.189. The average molecular weight is 242 g/mol. The first-order chi connectivity index (χ1) is 8.77. The lowest BCUT2D eigenvalue weighted by molar-refractivity contribution is -0.0909. The molecule has 1 aromatic carbocycles. The van der Waals surface area contributed by atoms with Crippen molar-refractivity contribution >= 4 is 10.9 Å². The highest BCUT2D eigenvalue weighted by atomic mass is 16.5. The molecule has 1 aliphatic rings. The highest BCUT2D eigenvalue weighted by molar-refractivity contribution is 5.82. The van der Waals surface area contributed by atoms with Crippen LogP contribution in [0.2, 0.25) is 0 Å². The molecule has 1 aliphatic carbocycles. The van der Waals surface area contributed by atoms with Crippen molar-refractivity contribution in [1.29, 1.82) is 0 Å². The van der Waals surface area contributed by atoms with Gasteiger partial charge in [-0.15, -0.1) is 0 Å². The number of methoxy groups -OCH3 is 1. The first kappa shape index (κ1) is 11.6. The maximum absolute atomic E-state index is 6.45. The molecular formula is C15H18N2O.